The predicted octanol–water partition coefficient (Wildman–Crippen LogP) is 6.18. The molecule has 0 aromatic heterocycles. The molecule has 0 aliphatic heterocycles. The molecule has 8 atom stereocenters. The molecule has 5 nitrogen and oxygen atoms in total. The quantitative estimate of drug-likeness (QED) is 0.345. The van der Waals surface area contributed by atoms with Crippen LogP contribution in [0.15, 0.2) is 0 Å². The molecular formula is C28H44O5. The van der Waals surface area contributed by atoms with E-state index in [0.717, 1.165) is 43.9 Å². The smallest absolute Gasteiger partial charge is 0.306 e. The number of aliphatic carboxylic acids is 1. The highest BCUT2D eigenvalue weighted by Crippen LogP contribution is 2.67. The summed E-state index contributed by atoms with van der Waals surface area (Å²) in [6.07, 6.45) is 13.1. The summed E-state index contributed by atoms with van der Waals surface area (Å²) in [5.74, 6) is 2.66. The van der Waals surface area contributed by atoms with Gasteiger partial charge in [0.2, 0.25) is 0 Å². The van der Waals surface area contributed by atoms with Gasteiger partial charge in [0.1, 0.15) is 11.9 Å². The van der Waals surface area contributed by atoms with Gasteiger partial charge in [-0.05, 0) is 112 Å². The maximum Gasteiger partial charge on any atom is 0.306 e. The number of ether oxygens (including phenoxy) is 1. The van der Waals surface area contributed by atoms with Crippen molar-refractivity contribution in [3.63, 3.8) is 0 Å². The number of hydrogen-bond acceptors (Lipinski definition) is 4. The molecule has 0 aromatic rings. The fourth-order valence-corrected chi connectivity index (χ4v) is 8.96. The number of esters is 1. The molecule has 0 heterocycles. The average Bonchev–Trinajstić information content (AvgIpc) is 3.11. The highest BCUT2D eigenvalue weighted by Gasteiger charge is 2.60. The minimum atomic E-state index is -0.772. The van der Waals surface area contributed by atoms with Crippen LogP contribution in [0.3, 0.4) is 0 Å². The number of unbranched alkanes of at least 4 members (excludes halogenated alkanes) is 2. The molecule has 4 fully saturated rings. The van der Waals surface area contributed by atoms with E-state index in [0.29, 0.717) is 42.3 Å². The van der Waals surface area contributed by atoms with Crippen molar-refractivity contribution in [2.45, 2.75) is 117 Å². The lowest BCUT2D eigenvalue weighted by atomic mass is 9.44. The number of rotatable bonds is 8. The van der Waals surface area contributed by atoms with Gasteiger partial charge in [-0.1, -0.05) is 20.3 Å². The van der Waals surface area contributed by atoms with Crippen molar-refractivity contribution in [3.05, 3.63) is 0 Å². The zero-order valence-corrected chi connectivity index (χ0v) is 20.9. The van der Waals surface area contributed by atoms with Gasteiger partial charge in [0.25, 0.3) is 0 Å². The third-order valence-corrected chi connectivity index (χ3v) is 10.7. The summed E-state index contributed by atoms with van der Waals surface area (Å²) in [4.78, 5) is 35.3. The largest absolute Gasteiger partial charge is 0.481 e. The van der Waals surface area contributed by atoms with Crippen LogP contribution < -0.4 is 0 Å². The minimum absolute atomic E-state index is 0.0496. The van der Waals surface area contributed by atoms with E-state index in [9.17, 15) is 14.4 Å². The molecular weight excluding hydrogens is 416 g/mol. The van der Waals surface area contributed by atoms with Crippen LogP contribution in [0.2, 0.25) is 0 Å². The van der Waals surface area contributed by atoms with Crippen molar-refractivity contribution in [1.82, 2.24) is 0 Å². The van der Waals surface area contributed by atoms with Gasteiger partial charge in [-0.3, -0.25) is 14.4 Å². The van der Waals surface area contributed by atoms with E-state index in [4.69, 9.17) is 9.84 Å². The Morgan fingerprint density at radius 3 is 2.27 bits per heavy atom. The van der Waals surface area contributed by atoms with Crippen molar-refractivity contribution in [2.75, 3.05) is 0 Å². The Morgan fingerprint density at radius 2 is 1.55 bits per heavy atom. The van der Waals surface area contributed by atoms with Crippen LogP contribution in [0.5, 0.6) is 0 Å². The Kier molecular flexibility index (Phi) is 7.27. The first-order valence-corrected chi connectivity index (χ1v) is 13.6. The normalized spacial score (nSPS) is 42.0. The van der Waals surface area contributed by atoms with Crippen LogP contribution in [0, 0.1) is 40.4 Å². The molecule has 4 aliphatic carbocycles. The van der Waals surface area contributed by atoms with Crippen molar-refractivity contribution in [2.24, 2.45) is 40.4 Å². The lowest BCUT2D eigenvalue weighted by Gasteiger charge is -2.61. The highest BCUT2D eigenvalue weighted by molar-refractivity contribution is 5.79. The molecule has 0 aromatic carbocycles. The van der Waals surface area contributed by atoms with Crippen LogP contribution in [-0.4, -0.2) is 28.9 Å². The number of carboxylic acids is 1. The van der Waals surface area contributed by atoms with Crippen molar-refractivity contribution >= 4 is 17.7 Å². The minimum Gasteiger partial charge on any atom is -0.481 e. The van der Waals surface area contributed by atoms with E-state index in [1.807, 2.05) is 0 Å². The Bertz CT molecular complexity index is 761. The van der Waals surface area contributed by atoms with E-state index in [2.05, 4.69) is 13.8 Å². The van der Waals surface area contributed by atoms with Crippen molar-refractivity contribution in [1.29, 1.82) is 0 Å². The van der Waals surface area contributed by atoms with E-state index in [-0.39, 0.29) is 29.8 Å². The number of Topliss-reactive ketones (excluding diaryl/α,β-unsaturated/α-hetero) is 1. The van der Waals surface area contributed by atoms with Gasteiger partial charge in [-0.15, -0.1) is 0 Å². The highest BCUT2D eigenvalue weighted by atomic mass is 16.5. The number of ketones is 1. The number of carboxylic acid groups (broad SMARTS) is 1. The zero-order valence-electron chi connectivity index (χ0n) is 20.9. The topological polar surface area (TPSA) is 80.7 Å². The van der Waals surface area contributed by atoms with Gasteiger partial charge in [0, 0.05) is 18.8 Å². The lowest BCUT2D eigenvalue weighted by Crippen LogP contribution is -2.54. The summed E-state index contributed by atoms with van der Waals surface area (Å²) >= 11 is 0. The molecule has 4 rings (SSSR count). The molecule has 0 radical (unpaired) electrons. The molecule has 0 saturated heterocycles. The average molecular weight is 461 g/mol. The molecule has 5 heteroatoms. The van der Waals surface area contributed by atoms with E-state index < -0.39 is 5.97 Å². The van der Waals surface area contributed by atoms with Gasteiger partial charge < -0.3 is 9.84 Å². The summed E-state index contributed by atoms with van der Waals surface area (Å²) < 4.78 is 5.88. The van der Waals surface area contributed by atoms with E-state index in [1.54, 1.807) is 6.92 Å². The molecule has 4 aliphatic rings. The SMILES string of the molecule is CC(=O)C1CCC2C3CC[C@@H]4C[C@H](OC(=O)CCCCCC(=O)O)CC[C@]4(C)C3CC[C@]12C. The zero-order chi connectivity index (χ0) is 23.8. The summed E-state index contributed by atoms with van der Waals surface area (Å²) in [5, 5.41) is 8.71. The van der Waals surface area contributed by atoms with Crippen LogP contribution in [0.1, 0.15) is 111 Å². The van der Waals surface area contributed by atoms with Crippen LogP contribution in [-0.2, 0) is 19.1 Å². The summed E-state index contributed by atoms with van der Waals surface area (Å²) in [7, 11) is 0. The summed E-state index contributed by atoms with van der Waals surface area (Å²) in [5.41, 5.74) is 0.561. The molecule has 4 saturated carbocycles. The number of fused-ring (bicyclic) bond motifs is 5. The third-order valence-electron chi connectivity index (χ3n) is 10.7. The first kappa shape index (κ1) is 24.7. The van der Waals surface area contributed by atoms with Crippen LogP contribution in [0.4, 0.5) is 0 Å². The van der Waals surface area contributed by atoms with Gasteiger partial charge >= 0.3 is 11.9 Å². The molecule has 1 N–H and O–H groups in total. The molecule has 0 bridgehead atoms. The Labute approximate surface area is 199 Å². The maximum absolute atomic E-state index is 12.4. The van der Waals surface area contributed by atoms with Crippen molar-refractivity contribution in [3.8, 4) is 0 Å². The molecule has 186 valence electrons. The van der Waals surface area contributed by atoms with E-state index >= 15 is 0 Å². The second-order valence-corrected chi connectivity index (χ2v) is 12.3. The monoisotopic (exact) mass is 460 g/mol. The van der Waals surface area contributed by atoms with Gasteiger partial charge in [0.15, 0.2) is 0 Å². The Morgan fingerprint density at radius 1 is 0.848 bits per heavy atom. The number of carbonyl (C=O) groups excluding carboxylic acids is 2. The fraction of sp³-hybridized carbons (Fsp3) is 0.893. The molecule has 4 unspecified atom stereocenters. The standard InChI is InChI=1S/C28H44O5/c1-18(29)22-11-12-23-21-10-9-19-17-20(33-26(32)8-6-4-5-7-25(30)31)13-15-27(19,2)24(21)14-16-28(22,23)3/h19-24H,4-17H2,1-3H3,(H,30,31)/t19-,20-,21?,22?,23?,24?,27+,28-/m1/s1. The third kappa shape index (κ3) is 4.75. The first-order chi connectivity index (χ1) is 15.6. The number of carbonyl (C=O) groups is 3. The number of hydrogen-bond donors (Lipinski definition) is 1. The van der Waals surface area contributed by atoms with Crippen LogP contribution >= 0.6 is 0 Å². The molecule has 0 amide bonds. The predicted molar refractivity (Wildman–Crippen MR) is 126 cm³/mol. The Balaban J connectivity index is 1.31. The molecule has 0 spiro atoms. The Hall–Kier alpha value is -1.39. The first-order valence-electron chi connectivity index (χ1n) is 13.6. The second kappa shape index (κ2) is 9.70. The lowest BCUT2D eigenvalue weighted by molar-refractivity contribution is -0.163. The second-order valence-electron chi connectivity index (χ2n) is 12.3. The van der Waals surface area contributed by atoms with Crippen molar-refractivity contribution < 1.29 is 24.2 Å². The fourth-order valence-electron chi connectivity index (χ4n) is 8.96. The van der Waals surface area contributed by atoms with Gasteiger partial charge in [-0.25, -0.2) is 0 Å². The summed E-state index contributed by atoms with van der Waals surface area (Å²) in [6, 6.07) is 0. The van der Waals surface area contributed by atoms with Crippen LogP contribution in [0.25, 0.3) is 0 Å². The van der Waals surface area contributed by atoms with Gasteiger partial charge in [0.05, 0.1) is 0 Å². The summed E-state index contributed by atoms with van der Waals surface area (Å²) in [6.45, 7) is 6.75. The van der Waals surface area contributed by atoms with Gasteiger partial charge in [-0.2, -0.15) is 0 Å². The van der Waals surface area contributed by atoms with E-state index in [1.165, 1.54) is 32.1 Å². The maximum atomic E-state index is 12.4. The molecule has 33 heavy (non-hydrogen) atoms.